The number of hydrogen-bond donors (Lipinski definition) is 2. The van der Waals surface area contributed by atoms with Crippen molar-refractivity contribution in [1.29, 1.82) is 0 Å². The minimum atomic E-state index is -4.40. The highest BCUT2D eigenvalue weighted by Gasteiger charge is 2.30. The first-order chi connectivity index (χ1) is 10.4. The topological polar surface area (TPSA) is 54.0 Å². The largest absolute Gasteiger partial charge is 0.416 e. The Balaban J connectivity index is 2.09. The van der Waals surface area contributed by atoms with Gasteiger partial charge in [0.25, 0.3) is 5.91 Å². The fraction of sp³-hybridized carbons (Fsp3) is 0.200. The fourth-order valence-corrected chi connectivity index (χ4v) is 1.86. The quantitative estimate of drug-likeness (QED) is 0.912. The van der Waals surface area contributed by atoms with E-state index in [1.807, 2.05) is 0 Å². The van der Waals surface area contributed by atoms with Gasteiger partial charge in [-0.25, -0.2) is 4.98 Å². The zero-order valence-corrected chi connectivity index (χ0v) is 11.7. The summed E-state index contributed by atoms with van der Waals surface area (Å²) < 4.78 is 37.8. The zero-order chi connectivity index (χ0) is 16.2. The lowest BCUT2D eigenvalue weighted by molar-refractivity contribution is -0.137. The molecule has 1 amide bonds. The number of alkyl halides is 3. The molecule has 22 heavy (non-hydrogen) atoms. The van der Waals surface area contributed by atoms with Crippen molar-refractivity contribution < 1.29 is 18.0 Å². The Labute approximate surface area is 125 Å². The van der Waals surface area contributed by atoms with Crippen LogP contribution in [0, 0.1) is 0 Å². The lowest BCUT2D eigenvalue weighted by Crippen LogP contribution is -2.18. The Kier molecular flexibility index (Phi) is 4.65. The molecule has 1 heterocycles. The molecule has 2 N–H and O–H groups in total. The zero-order valence-electron chi connectivity index (χ0n) is 11.7. The van der Waals surface area contributed by atoms with E-state index in [-0.39, 0.29) is 18.3 Å². The van der Waals surface area contributed by atoms with Gasteiger partial charge in [0.05, 0.1) is 5.56 Å². The van der Waals surface area contributed by atoms with Crippen LogP contribution in [-0.2, 0) is 12.7 Å². The van der Waals surface area contributed by atoms with E-state index >= 15 is 0 Å². The molecule has 0 unspecified atom stereocenters. The second-order valence-electron chi connectivity index (χ2n) is 4.56. The maximum absolute atomic E-state index is 12.6. The Morgan fingerprint density at radius 1 is 1.23 bits per heavy atom. The van der Waals surface area contributed by atoms with Crippen molar-refractivity contribution >= 4 is 11.7 Å². The van der Waals surface area contributed by atoms with Gasteiger partial charge in [-0.1, -0.05) is 12.1 Å². The Bertz CT molecular complexity index is 671. The molecule has 0 spiro atoms. The molecule has 4 nitrogen and oxygen atoms in total. The molecular weight excluding hydrogens is 295 g/mol. The van der Waals surface area contributed by atoms with Crippen LogP contribution in [0.2, 0.25) is 0 Å². The number of anilines is 1. The summed E-state index contributed by atoms with van der Waals surface area (Å²) in [6.07, 6.45) is -3.30. The predicted molar refractivity (Wildman–Crippen MR) is 76.4 cm³/mol. The highest BCUT2D eigenvalue weighted by Crippen LogP contribution is 2.29. The minimum Gasteiger partial charge on any atom is -0.366 e. The van der Waals surface area contributed by atoms with E-state index < -0.39 is 11.7 Å². The lowest BCUT2D eigenvalue weighted by Gasteiger charge is -2.10. The molecular formula is C15H14F3N3O. The smallest absolute Gasteiger partial charge is 0.366 e. The first-order valence-electron chi connectivity index (χ1n) is 6.48. The van der Waals surface area contributed by atoms with Gasteiger partial charge in [0.2, 0.25) is 0 Å². The molecule has 2 rings (SSSR count). The summed E-state index contributed by atoms with van der Waals surface area (Å²) in [5, 5.41) is 5.32. The summed E-state index contributed by atoms with van der Waals surface area (Å²) in [7, 11) is 1.53. The second-order valence-corrected chi connectivity index (χ2v) is 4.56. The van der Waals surface area contributed by atoms with Crippen molar-refractivity contribution in [2.24, 2.45) is 0 Å². The van der Waals surface area contributed by atoms with Crippen molar-refractivity contribution in [3.8, 4) is 0 Å². The van der Waals surface area contributed by atoms with Crippen LogP contribution in [0.5, 0.6) is 0 Å². The summed E-state index contributed by atoms with van der Waals surface area (Å²) in [4.78, 5) is 15.4. The van der Waals surface area contributed by atoms with Crippen LogP contribution in [0.25, 0.3) is 0 Å². The number of halogens is 3. The third-order valence-electron chi connectivity index (χ3n) is 2.98. The molecule has 0 aliphatic carbocycles. The van der Waals surface area contributed by atoms with E-state index in [0.717, 1.165) is 23.9 Å². The lowest BCUT2D eigenvalue weighted by atomic mass is 10.1. The number of nitrogens with one attached hydrogen (secondary N) is 2. The third-order valence-corrected chi connectivity index (χ3v) is 2.98. The summed E-state index contributed by atoms with van der Waals surface area (Å²) >= 11 is 0. The van der Waals surface area contributed by atoms with Crippen LogP contribution < -0.4 is 10.6 Å². The SMILES string of the molecule is CNC(=O)c1cccc(CNc2cc(C(F)(F)F)ccn2)c1. The van der Waals surface area contributed by atoms with Gasteiger partial charge in [-0.2, -0.15) is 13.2 Å². The maximum Gasteiger partial charge on any atom is 0.416 e. The molecule has 0 radical (unpaired) electrons. The molecule has 0 aliphatic rings. The summed E-state index contributed by atoms with van der Waals surface area (Å²) in [5.41, 5.74) is 0.489. The van der Waals surface area contributed by atoms with Gasteiger partial charge in [-0.15, -0.1) is 0 Å². The first kappa shape index (κ1) is 15.8. The van der Waals surface area contributed by atoms with Crippen LogP contribution >= 0.6 is 0 Å². The van der Waals surface area contributed by atoms with Crippen molar-refractivity contribution in [2.45, 2.75) is 12.7 Å². The highest BCUT2D eigenvalue weighted by atomic mass is 19.4. The maximum atomic E-state index is 12.6. The molecule has 1 aromatic carbocycles. The number of pyridine rings is 1. The van der Waals surface area contributed by atoms with Crippen LogP contribution in [0.3, 0.4) is 0 Å². The molecule has 0 atom stereocenters. The Hall–Kier alpha value is -2.57. The molecule has 0 fully saturated rings. The van der Waals surface area contributed by atoms with E-state index in [2.05, 4.69) is 15.6 Å². The van der Waals surface area contributed by atoms with E-state index in [9.17, 15) is 18.0 Å². The van der Waals surface area contributed by atoms with Crippen LogP contribution in [0.1, 0.15) is 21.5 Å². The highest BCUT2D eigenvalue weighted by molar-refractivity contribution is 5.94. The molecule has 2 aromatic rings. The molecule has 0 bridgehead atoms. The van der Waals surface area contributed by atoms with Gasteiger partial charge in [-0.05, 0) is 29.8 Å². The van der Waals surface area contributed by atoms with Gasteiger partial charge in [0.15, 0.2) is 0 Å². The van der Waals surface area contributed by atoms with E-state index in [1.165, 1.54) is 7.05 Å². The van der Waals surface area contributed by atoms with Crippen molar-refractivity contribution in [3.05, 3.63) is 59.3 Å². The first-order valence-corrected chi connectivity index (χ1v) is 6.48. The van der Waals surface area contributed by atoms with E-state index in [1.54, 1.807) is 24.3 Å². The number of aromatic nitrogens is 1. The van der Waals surface area contributed by atoms with Gasteiger partial charge >= 0.3 is 6.18 Å². The summed E-state index contributed by atoms with van der Waals surface area (Å²) in [6.45, 7) is 0.263. The van der Waals surface area contributed by atoms with Gasteiger partial charge in [0.1, 0.15) is 5.82 Å². The minimum absolute atomic E-state index is 0.125. The molecule has 1 aromatic heterocycles. The number of benzene rings is 1. The Morgan fingerprint density at radius 3 is 2.68 bits per heavy atom. The second kappa shape index (κ2) is 6.46. The van der Waals surface area contributed by atoms with Crippen molar-refractivity contribution in [2.75, 3.05) is 12.4 Å². The Morgan fingerprint density at radius 2 is 2.00 bits per heavy atom. The van der Waals surface area contributed by atoms with Crippen molar-refractivity contribution in [3.63, 3.8) is 0 Å². The number of rotatable bonds is 4. The third kappa shape index (κ3) is 3.97. The molecule has 0 aliphatic heterocycles. The van der Waals surface area contributed by atoms with Crippen LogP contribution in [0.4, 0.5) is 19.0 Å². The molecule has 116 valence electrons. The van der Waals surface area contributed by atoms with Crippen LogP contribution in [-0.4, -0.2) is 17.9 Å². The number of carbonyl (C=O) groups is 1. The number of amides is 1. The average molecular weight is 309 g/mol. The summed E-state index contributed by atoms with van der Waals surface area (Å²) in [5.74, 6) is -0.0979. The fourth-order valence-electron chi connectivity index (χ4n) is 1.86. The standard InChI is InChI=1S/C15H14F3N3O/c1-19-14(22)11-4-2-3-10(7-11)9-21-13-8-12(5-6-20-13)15(16,17)18/h2-8H,9H2,1H3,(H,19,22)(H,20,21). The number of carbonyl (C=O) groups excluding carboxylic acids is 1. The van der Waals surface area contributed by atoms with Crippen molar-refractivity contribution in [1.82, 2.24) is 10.3 Å². The number of hydrogen-bond acceptors (Lipinski definition) is 3. The normalized spacial score (nSPS) is 11.1. The predicted octanol–water partition coefficient (Wildman–Crippen LogP) is 3.07. The molecule has 0 saturated heterocycles. The van der Waals surface area contributed by atoms with E-state index in [0.29, 0.717) is 5.56 Å². The van der Waals surface area contributed by atoms with E-state index in [4.69, 9.17) is 0 Å². The van der Waals surface area contributed by atoms with Gasteiger partial charge < -0.3 is 10.6 Å². The van der Waals surface area contributed by atoms with Gasteiger partial charge in [0, 0.05) is 25.4 Å². The molecule has 0 saturated carbocycles. The van der Waals surface area contributed by atoms with Gasteiger partial charge in [-0.3, -0.25) is 4.79 Å². The average Bonchev–Trinajstić information content (AvgIpc) is 2.52. The monoisotopic (exact) mass is 309 g/mol. The number of nitrogens with zero attached hydrogens (tertiary/aromatic N) is 1. The summed E-state index contributed by atoms with van der Waals surface area (Å²) in [6, 6.07) is 8.67. The van der Waals surface area contributed by atoms with Crippen LogP contribution in [0.15, 0.2) is 42.6 Å². The molecule has 7 heteroatoms.